The largest absolute Gasteiger partial charge is 0.333 e. The zero-order valence-electron chi connectivity index (χ0n) is 9.40. The van der Waals surface area contributed by atoms with Crippen LogP contribution < -0.4 is 5.73 Å². The molecule has 1 aromatic carbocycles. The molecule has 0 bridgehead atoms. The first-order chi connectivity index (χ1) is 8.11. The fourth-order valence-electron chi connectivity index (χ4n) is 1.69. The fourth-order valence-corrected chi connectivity index (χ4v) is 1.69. The zero-order chi connectivity index (χ0) is 12.4. The molecule has 2 N–H and O–H groups in total. The normalized spacial score (nSPS) is 11.1. The van der Waals surface area contributed by atoms with Gasteiger partial charge < -0.3 is 5.73 Å². The van der Waals surface area contributed by atoms with E-state index in [1.807, 2.05) is 25.1 Å². The molecule has 2 rings (SSSR count). The lowest BCUT2D eigenvalue weighted by Gasteiger charge is -2.05. The molecule has 0 atom stereocenters. The second-order valence-electron chi connectivity index (χ2n) is 3.84. The number of halogens is 2. The minimum absolute atomic E-state index is 0.427. The molecular formula is C12H13F2N3. The highest BCUT2D eigenvalue weighted by Gasteiger charge is 2.10. The van der Waals surface area contributed by atoms with Gasteiger partial charge in [-0.2, -0.15) is 13.9 Å². The maximum absolute atomic E-state index is 12.4. The third-order valence-electron chi connectivity index (χ3n) is 2.65. The first-order valence-corrected chi connectivity index (χ1v) is 5.24. The van der Waals surface area contributed by atoms with Crippen LogP contribution in [0, 0.1) is 6.92 Å². The van der Waals surface area contributed by atoms with Gasteiger partial charge in [0.2, 0.25) is 0 Å². The molecule has 0 fully saturated rings. The van der Waals surface area contributed by atoms with Crippen LogP contribution in [-0.2, 0) is 6.54 Å². The van der Waals surface area contributed by atoms with E-state index in [4.69, 9.17) is 5.73 Å². The second kappa shape index (κ2) is 4.63. The van der Waals surface area contributed by atoms with Crippen LogP contribution in [0.2, 0.25) is 0 Å². The van der Waals surface area contributed by atoms with Gasteiger partial charge >= 0.3 is 6.55 Å². The Morgan fingerprint density at radius 1 is 1.41 bits per heavy atom. The Bertz CT molecular complexity index is 520. The summed E-state index contributed by atoms with van der Waals surface area (Å²) in [7, 11) is 0. The second-order valence-corrected chi connectivity index (χ2v) is 3.84. The number of alkyl halides is 2. The molecule has 0 aliphatic rings. The summed E-state index contributed by atoms with van der Waals surface area (Å²) in [5.41, 5.74) is 9.11. The number of rotatable bonds is 3. The number of benzene rings is 1. The van der Waals surface area contributed by atoms with Crippen molar-refractivity contribution in [1.82, 2.24) is 9.78 Å². The SMILES string of the molecule is Cc1ccc(CN)cc1-c1cnn(C(F)F)c1. The van der Waals surface area contributed by atoms with Gasteiger partial charge in [0.15, 0.2) is 0 Å². The monoisotopic (exact) mass is 237 g/mol. The third kappa shape index (κ3) is 2.34. The number of nitrogens with two attached hydrogens (primary N) is 1. The first kappa shape index (κ1) is 11.7. The Kier molecular flexibility index (Phi) is 3.19. The summed E-state index contributed by atoms with van der Waals surface area (Å²) in [4.78, 5) is 0. The summed E-state index contributed by atoms with van der Waals surface area (Å²) >= 11 is 0. The highest BCUT2D eigenvalue weighted by atomic mass is 19.3. The highest BCUT2D eigenvalue weighted by molar-refractivity contribution is 5.66. The number of hydrogen-bond acceptors (Lipinski definition) is 2. The summed E-state index contributed by atoms with van der Waals surface area (Å²) in [5, 5.41) is 3.62. The van der Waals surface area contributed by atoms with E-state index in [1.54, 1.807) is 0 Å². The molecule has 0 aliphatic heterocycles. The average Bonchev–Trinajstić information content (AvgIpc) is 2.79. The molecule has 17 heavy (non-hydrogen) atoms. The lowest BCUT2D eigenvalue weighted by molar-refractivity contribution is 0.0566. The molecule has 0 unspecified atom stereocenters. The molecule has 0 saturated heterocycles. The van der Waals surface area contributed by atoms with Crippen molar-refractivity contribution in [2.75, 3.05) is 0 Å². The van der Waals surface area contributed by atoms with Gasteiger partial charge in [-0.3, -0.25) is 0 Å². The molecule has 3 nitrogen and oxygen atoms in total. The smallest absolute Gasteiger partial charge is 0.326 e. The van der Waals surface area contributed by atoms with E-state index < -0.39 is 6.55 Å². The molecule has 0 radical (unpaired) electrons. The van der Waals surface area contributed by atoms with Crippen LogP contribution in [0.4, 0.5) is 8.78 Å². The maximum atomic E-state index is 12.4. The van der Waals surface area contributed by atoms with Crippen molar-refractivity contribution < 1.29 is 8.78 Å². The van der Waals surface area contributed by atoms with Crippen molar-refractivity contribution in [3.63, 3.8) is 0 Å². The molecule has 1 heterocycles. The predicted molar refractivity (Wildman–Crippen MR) is 61.5 cm³/mol. The highest BCUT2D eigenvalue weighted by Crippen LogP contribution is 2.25. The average molecular weight is 237 g/mol. The minimum Gasteiger partial charge on any atom is -0.326 e. The van der Waals surface area contributed by atoms with E-state index in [-0.39, 0.29) is 0 Å². The van der Waals surface area contributed by atoms with E-state index >= 15 is 0 Å². The molecule has 1 aromatic heterocycles. The fraction of sp³-hybridized carbons (Fsp3) is 0.250. The summed E-state index contributed by atoms with van der Waals surface area (Å²) in [5.74, 6) is 0. The van der Waals surface area contributed by atoms with E-state index in [1.165, 1.54) is 12.4 Å². The Balaban J connectivity index is 2.44. The summed E-state index contributed by atoms with van der Waals surface area (Å²) in [6.07, 6.45) is 2.78. The van der Waals surface area contributed by atoms with Gasteiger partial charge in [-0.25, -0.2) is 4.68 Å². The van der Waals surface area contributed by atoms with Crippen LogP contribution in [0.15, 0.2) is 30.6 Å². The topological polar surface area (TPSA) is 43.8 Å². The number of aryl methyl sites for hydroxylation is 1. The van der Waals surface area contributed by atoms with Gasteiger partial charge in [0.05, 0.1) is 6.20 Å². The zero-order valence-corrected chi connectivity index (χ0v) is 9.40. The van der Waals surface area contributed by atoms with Crippen molar-refractivity contribution in [1.29, 1.82) is 0 Å². The van der Waals surface area contributed by atoms with Crippen LogP contribution in [0.25, 0.3) is 11.1 Å². The summed E-state index contributed by atoms with van der Waals surface area (Å²) in [6, 6.07) is 5.76. The lowest BCUT2D eigenvalue weighted by atomic mass is 10.0. The molecule has 0 amide bonds. The van der Waals surface area contributed by atoms with Gasteiger partial charge in [0.25, 0.3) is 0 Å². The number of hydrogen-bond donors (Lipinski definition) is 1. The minimum atomic E-state index is -2.61. The molecule has 0 aliphatic carbocycles. The van der Waals surface area contributed by atoms with Gasteiger partial charge in [-0.05, 0) is 29.7 Å². The third-order valence-corrected chi connectivity index (χ3v) is 2.65. The quantitative estimate of drug-likeness (QED) is 0.892. The number of aromatic nitrogens is 2. The Morgan fingerprint density at radius 3 is 2.76 bits per heavy atom. The van der Waals surface area contributed by atoms with Crippen molar-refractivity contribution in [3.8, 4) is 11.1 Å². The molecule has 0 spiro atoms. The molecule has 90 valence electrons. The van der Waals surface area contributed by atoms with E-state index in [0.717, 1.165) is 16.7 Å². The van der Waals surface area contributed by atoms with E-state index in [9.17, 15) is 8.78 Å². The van der Waals surface area contributed by atoms with Crippen LogP contribution in [-0.4, -0.2) is 9.78 Å². The Labute approximate surface area is 97.9 Å². The van der Waals surface area contributed by atoms with Gasteiger partial charge in [-0.1, -0.05) is 12.1 Å². The van der Waals surface area contributed by atoms with Crippen molar-refractivity contribution >= 4 is 0 Å². The molecule has 5 heteroatoms. The lowest BCUT2D eigenvalue weighted by Crippen LogP contribution is -1.97. The standard InChI is InChI=1S/C12H13F2N3/c1-8-2-3-9(5-15)4-11(8)10-6-16-17(7-10)12(13)14/h2-4,6-7,12H,5,15H2,1H3. The number of nitrogens with zero attached hydrogens (tertiary/aromatic N) is 2. The van der Waals surface area contributed by atoms with Gasteiger partial charge in [0, 0.05) is 18.3 Å². The summed E-state index contributed by atoms with van der Waals surface area (Å²) < 4.78 is 25.5. The first-order valence-electron chi connectivity index (χ1n) is 5.24. The Hall–Kier alpha value is -1.75. The van der Waals surface area contributed by atoms with Crippen molar-refractivity contribution in [2.24, 2.45) is 5.73 Å². The van der Waals surface area contributed by atoms with E-state index in [2.05, 4.69) is 5.10 Å². The Morgan fingerprint density at radius 2 is 2.18 bits per heavy atom. The molecule has 2 aromatic rings. The maximum Gasteiger partial charge on any atom is 0.333 e. The van der Waals surface area contributed by atoms with Crippen molar-refractivity contribution in [3.05, 3.63) is 41.7 Å². The van der Waals surface area contributed by atoms with Crippen LogP contribution >= 0.6 is 0 Å². The van der Waals surface area contributed by atoms with Gasteiger partial charge in [0.1, 0.15) is 0 Å². The van der Waals surface area contributed by atoms with Gasteiger partial charge in [-0.15, -0.1) is 0 Å². The predicted octanol–water partition coefficient (Wildman–Crippen LogP) is 2.71. The van der Waals surface area contributed by atoms with Crippen LogP contribution in [0.3, 0.4) is 0 Å². The van der Waals surface area contributed by atoms with Crippen LogP contribution in [0.5, 0.6) is 0 Å². The van der Waals surface area contributed by atoms with Crippen LogP contribution in [0.1, 0.15) is 17.7 Å². The summed E-state index contributed by atoms with van der Waals surface area (Å²) in [6.45, 7) is -0.257. The molecule has 0 saturated carbocycles. The van der Waals surface area contributed by atoms with E-state index in [0.29, 0.717) is 16.8 Å². The van der Waals surface area contributed by atoms with Crippen molar-refractivity contribution in [2.45, 2.75) is 20.0 Å². The molecular weight excluding hydrogens is 224 g/mol.